The van der Waals surface area contributed by atoms with Gasteiger partial charge in [0.25, 0.3) is 0 Å². The van der Waals surface area contributed by atoms with Crippen molar-refractivity contribution in [1.29, 1.82) is 0 Å². The quantitative estimate of drug-likeness (QED) is 0.800. The molecule has 0 fully saturated rings. The highest BCUT2D eigenvalue weighted by Gasteiger charge is 2.03. The van der Waals surface area contributed by atoms with Crippen molar-refractivity contribution in [2.45, 2.75) is 13.5 Å². The molecule has 0 aliphatic carbocycles. The lowest BCUT2D eigenvalue weighted by Gasteiger charge is -2.04. The lowest BCUT2D eigenvalue weighted by molar-refractivity contribution is -0.257. The number of furan rings is 1. The molecular formula is C13H11O4-. The number of aryl methyl sites for hydroxylation is 1. The first-order chi connectivity index (χ1) is 8.15. The summed E-state index contributed by atoms with van der Waals surface area (Å²) in [5.74, 6) is -0.346. The third-order valence-corrected chi connectivity index (χ3v) is 2.23. The van der Waals surface area contributed by atoms with Crippen LogP contribution in [0.5, 0.6) is 5.75 Å². The monoisotopic (exact) mass is 231 g/mol. The smallest absolute Gasteiger partial charge is 0.149 e. The Morgan fingerprint density at radius 1 is 1.35 bits per heavy atom. The van der Waals surface area contributed by atoms with Crippen molar-refractivity contribution in [1.82, 2.24) is 0 Å². The van der Waals surface area contributed by atoms with E-state index in [0.29, 0.717) is 5.76 Å². The summed E-state index contributed by atoms with van der Waals surface area (Å²) < 4.78 is 10.5. The Morgan fingerprint density at radius 2 is 2.18 bits per heavy atom. The minimum atomic E-state index is -1.33. The molecule has 0 amide bonds. The maximum absolute atomic E-state index is 10.5. The van der Waals surface area contributed by atoms with Crippen LogP contribution in [-0.4, -0.2) is 5.97 Å². The van der Waals surface area contributed by atoms with Gasteiger partial charge in [-0.05, 0) is 36.8 Å². The maximum atomic E-state index is 10.5. The van der Waals surface area contributed by atoms with E-state index in [9.17, 15) is 9.90 Å². The Kier molecular flexibility index (Phi) is 3.14. The lowest BCUT2D eigenvalue weighted by Crippen LogP contribution is -2.21. The van der Waals surface area contributed by atoms with Gasteiger partial charge in [-0.2, -0.15) is 0 Å². The van der Waals surface area contributed by atoms with Gasteiger partial charge in [-0.3, -0.25) is 0 Å². The van der Waals surface area contributed by atoms with Gasteiger partial charge in [0.1, 0.15) is 29.8 Å². The molecule has 17 heavy (non-hydrogen) atoms. The summed E-state index contributed by atoms with van der Waals surface area (Å²) in [5, 5.41) is 10.5. The van der Waals surface area contributed by atoms with E-state index in [1.54, 1.807) is 6.07 Å². The Morgan fingerprint density at radius 3 is 2.82 bits per heavy atom. The fourth-order valence-corrected chi connectivity index (χ4v) is 1.42. The molecule has 1 aromatic carbocycles. The molecule has 4 heteroatoms. The van der Waals surface area contributed by atoms with Crippen molar-refractivity contribution >= 4 is 5.97 Å². The Labute approximate surface area is 98.4 Å². The molecular weight excluding hydrogens is 220 g/mol. The predicted molar refractivity (Wildman–Crippen MR) is 58.5 cm³/mol. The van der Waals surface area contributed by atoms with Crippen molar-refractivity contribution in [3.8, 4) is 5.75 Å². The molecule has 0 unspecified atom stereocenters. The molecule has 0 atom stereocenters. The summed E-state index contributed by atoms with van der Waals surface area (Å²) in [6.07, 6.45) is 0. The molecule has 0 saturated heterocycles. The second-order valence-electron chi connectivity index (χ2n) is 3.66. The number of carbonyl (C=O) groups is 1. The van der Waals surface area contributed by atoms with Gasteiger partial charge in [0, 0.05) is 0 Å². The summed E-state index contributed by atoms with van der Waals surface area (Å²) in [4.78, 5) is 10.5. The van der Waals surface area contributed by atoms with Gasteiger partial charge in [0.05, 0.1) is 0 Å². The van der Waals surface area contributed by atoms with E-state index in [0.717, 1.165) is 11.3 Å². The minimum absolute atomic E-state index is 0.187. The Balaban J connectivity index is 2.00. The van der Waals surface area contributed by atoms with Crippen molar-refractivity contribution in [2.24, 2.45) is 0 Å². The number of carbonyl (C=O) groups excluding carboxylic acids is 1. The van der Waals surface area contributed by atoms with Crippen LogP contribution in [0.3, 0.4) is 0 Å². The van der Waals surface area contributed by atoms with Crippen molar-refractivity contribution in [3.05, 3.63) is 53.5 Å². The fourth-order valence-electron chi connectivity index (χ4n) is 1.42. The normalized spacial score (nSPS) is 10.2. The van der Waals surface area contributed by atoms with Gasteiger partial charge < -0.3 is 19.1 Å². The number of ether oxygens (including phenoxy) is 1. The number of benzene rings is 1. The van der Waals surface area contributed by atoms with E-state index >= 15 is 0 Å². The van der Waals surface area contributed by atoms with Gasteiger partial charge in [-0.25, -0.2) is 0 Å². The third-order valence-electron chi connectivity index (χ3n) is 2.23. The van der Waals surface area contributed by atoms with E-state index in [1.807, 2.05) is 31.2 Å². The van der Waals surface area contributed by atoms with Crippen LogP contribution in [0.25, 0.3) is 0 Å². The van der Waals surface area contributed by atoms with Crippen LogP contribution < -0.4 is 9.84 Å². The van der Waals surface area contributed by atoms with E-state index in [4.69, 9.17) is 9.15 Å². The summed E-state index contributed by atoms with van der Waals surface area (Å²) >= 11 is 0. The highest BCUT2D eigenvalue weighted by Crippen LogP contribution is 2.15. The van der Waals surface area contributed by atoms with E-state index in [1.165, 1.54) is 6.07 Å². The number of carboxylic acid groups (broad SMARTS) is 1. The van der Waals surface area contributed by atoms with Crippen LogP contribution in [-0.2, 0) is 6.61 Å². The first kappa shape index (κ1) is 11.3. The summed E-state index contributed by atoms with van der Waals surface area (Å²) in [7, 11) is 0. The number of hydrogen-bond acceptors (Lipinski definition) is 4. The summed E-state index contributed by atoms with van der Waals surface area (Å²) in [5.41, 5.74) is 1.09. The Hall–Kier alpha value is -2.23. The molecule has 2 aromatic rings. The topological polar surface area (TPSA) is 62.5 Å². The molecule has 0 radical (unpaired) electrons. The molecule has 1 heterocycles. The van der Waals surface area contributed by atoms with Crippen LogP contribution in [0.1, 0.15) is 21.9 Å². The zero-order valence-corrected chi connectivity index (χ0v) is 9.30. The molecule has 2 rings (SSSR count). The molecule has 0 spiro atoms. The van der Waals surface area contributed by atoms with Crippen molar-refractivity contribution < 1.29 is 19.1 Å². The summed E-state index contributed by atoms with van der Waals surface area (Å²) in [6, 6.07) is 10.5. The van der Waals surface area contributed by atoms with Gasteiger partial charge >= 0.3 is 0 Å². The van der Waals surface area contributed by atoms with Gasteiger partial charge in [0.15, 0.2) is 0 Å². The van der Waals surface area contributed by atoms with E-state index < -0.39 is 5.97 Å². The van der Waals surface area contributed by atoms with Crippen molar-refractivity contribution in [3.63, 3.8) is 0 Å². The first-order valence-corrected chi connectivity index (χ1v) is 5.14. The van der Waals surface area contributed by atoms with Crippen LogP contribution in [0.4, 0.5) is 0 Å². The molecule has 0 aliphatic rings. The molecule has 4 nitrogen and oxygen atoms in total. The molecule has 88 valence electrons. The SMILES string of the molecule is Cc1cccc(OCc2ccc(C(=O)[O-])o2)c1. The fraction of sp³-hybridized carbons (Fsp3) is 0.154. The highest BCUT2D eigenvalue weighted by molar-refractivity contribution is 5.82. The van der Waals surface area contributed by atoms with Gasteiger partial charge in [-0.1, -0.05) is 12.1 Å². The zero-order chi connectivity index (χ0) is 12.3. The summed E-state index contributed by atoms with van der Waals surface area (Å²) in [6.45, 7) is 2.16. The van der Waals surface area contributed by atoms with E-state index in [-0.39, 0.29) is 12.4 Å². The molecule has 1 aromatic heterocycles. The molecule has 0 N–H and O–H groups in total. The van der Waals surface area contributed by atoms with Crippen LogP contribution in [0.15, 0.2) is 40.8 Å². The number of carboxylic acids is 1. The number of aromatic carboxylic acids is 1. The van der Waals surface area contributed by atoms with Gasteiger partial charge in [0.2, 0.25) is 0 Å². The number of rotatable bonds is 4. The standard InChI is InChI=1S/C13H12O4/c1-9-3-2-4-10(7-9)16-8-11-5-6-12(17-11)13(14)15/h2-7H,8H2,1H3,(H,14,15)/p-1. The molecule has 0 bridgehead atoms. The number of hydrogen-bond donors (Lipinski definition) is 0. The van der Waals surface area contributed by atoms with Crippen LogP contribution in [0.2, 0.25) is 0 Å². The molecule has 0 aliphatic heterocycles. The average Bonchev–Trinajstić information content (AvgIpc) is 2.75. The van der Waals surface area contributed by atoms with E-state index in [2.05, 4.69) is 0 Å². The predicted octanol–water partition coefficient (Wildman–Crippen LogP) is 1.53. The largest absolute Gasteiger partial charge is 0.542 e. The van der Waals surface area contributed by atoms with Crippen LogP contribution >= 0.6 is 0 Å². The highest BCUT2D eigenvalue weighted by atomic mass is 16.5. The van der Waals surface area contributed by atoms with Crippen molar-refractivity contribution in [2.75, 3.05) is 0 Å². The average molecular weight is 231 g/mol. The first-order valence-electron chi connectivity index (χ1n) is 5.14. The zero-order valence-electron chi connectivity index (χ0n) is 9.30. The second-order valence-corrected chi connectivity index (χ2v) is 3.66. The minimum Gasteiger partial charge on any atom is -0.542 e. The maximum Gasteiger partial charge on any atom is 0.149 e. The molecule has 0 saturated carbocycles. The lowest BCUT2D eigenvalue weighted by atomic mass is 10.2. The second kappa shape index (κ2) is 4.74. The van der Waals surface area contributed by atoms with Gasteiger partial charge in [-0.15, -0.1) is 0 Å². The van der Waals surface area contributed by atoms with Crippen LogP contribution in [0, 0.1) is 6.92 Å². The third kappa shape index (κ3) is 2.87. The Bertz CT molecular complexity index is 528.